The molecule has 0 aromatic carbocycles. The van der Waals surface area contributed by atoms with Gasteiger partial charge >= 0.3 is 0 Å². The SMILES string of the molecule is CC.Cc1ncncc1C(=O)NC1(C)CCN(C)CC1. The third-order valence-electron chi connectivity index (χ3n) is 3.66. The van der Waals surface area contributed by atoms with E-state index in [-0.39, 0.29) is 11.4 Å². The van der Waals surface area contributed by atoms with Gasteiger partial charge in [-0.3, -0.25) is 4.79 Å². The van der Waals surface area contributed by atoms with Gasteiger partial charge in [-0.25, -0.2) is 9.97 Å². The quantitative estimate of drug-likeness (QED) is 0.899. The monoisotopic (exact) mass is 278 g/mol. The highest BCUT2D eigenvalue weighted by Crippen LogP contribution is 2.21. The third kappa shape index (κ3) is 4.27. The van der Waals surface area contributed by atoms with Gasteiger partial charge in [-0.1, -0.05) is 13.8 Å². The summed E-state index contributed by atoms with van der Waals surface area (Å²) in [4.78, 5) is 22.5. The Labute approximate surface area is 121 Å². The molecule has 5 heteroatoms. The maximum Gasteiger partial charge on any atom is 0.255 e. The minimum Gasteiger partial charge on any atom is -0.347 e. The molecule has 0 saturated carbocycles. The molecule has 1 saturated heterocycles. The van der Waals surface area contributed by atoms with Crippen LogP contribution in [0, 0.1) is 6.92 Å². The second kappa shape index (κ2) is 7.33. The highest BCUT2D eigenvalue weighted by atomic mass is 16.1. The minimum atomic E-state index is -0.119. The fourth-order valence-corrected chi connectivity index (χ4v) is 2.19. The highest BCUT2D eigenvalue weighted by molar-refractivity contribution is 5.95. The van der Waals surface area contributed by atoms with Gasteiger partial charge in [0.15, 0.2) is 0 Å². The number of likely N-dealkylation sites (tertiary alicyclic amines) is 1. The lowest BCUT2D eigenvalue weighted by molar-refractivity contribution is 0.0850. The van der Waals surface area contributed by atoms with Crippen LogP contribution >= 0.6 is 0 Å². The number of rotatable bonds is 2. The standard InChI is InChI=1S/C13H20N4O.C2H6/c1-10-11(8-14-9-15-10)12(18)16-13(2)4-6-17(3)7-5-13;1-2/h8-9H,4-7H2,1-3H3,(H,16,18);1-2H3. The van der Waals surface area contributed by atoms with E-state index in [2.05, 4.69) is 34.2 Å². The van der Waals surface area contributed by atoms with Gasteiger partial charge in [-0.2, -0.15) is 0 Å². The number of piperidine rings is 1. The van der Waals surface area contributed by atoms with Crippen molar-refractivity contribution >= 4 is 5.91 Å². The first-order valence-corrected chi connectivity index (χ1v) is 7.28. The molecule has 0 bridgehead atoms. The Morgan fingerprint density at radius 2 is 1.95 bits per heavy atom. The highest BCUT2D eigenvalue weighted by Gasteiger charge is 2.30. The molecule has 0 radical (unpaired) electrons. The molecule has 0 aliphatic carbocycles. The Morgan fingerprint density at radius 3 is 2.50 bits per heavy atom. The molecular weight excluding hydrogens is 252 g/mol. The van der Waals surface area contributed by atoms with Crippen molar-refractivity contribution in [3.8, 4) is 0 Å². The van der Waals surface area contributed by atoms with Gasteiger partial charge in [-0.05, 0) is 33.7 Å². The molecule has 2 rings (SSSR count). The predicted octanol–water partition coefficient (Wildman–Crippen LogP) is 2.03. The Morgan fingerprint density at radius 1 is 1.35 bits per heavy atom. The maximum absolute atomic E-state index is 12.2. The minimum absolute atomic E-state index is 0.0693. The van der Waals surface area contributed by atoms with Gasteiger partial charge in [0, 0.05) is 24.8 Å². The van der Waals surface area contributed by atoms with Crippen molar-refractivity contribution in [2.45, 2.75) is 46.1 Å². The molecule has 1 N–H and O–H groups in total. The molecule has 112 valence electrons. The van der Waals surface area contributed by atoms with Gasteiger partial charge in [0.05, 0.1) is 11.3 Å². The summed E-state index contributed by atoms with van der Waals surface area (Å²) in [7, 11) is 2.11. The number of carbonyl (C=O) groups excluding carboxylic acids is 1. The summed E-state index contributed by atoms with van der Waals surface area (Å²) in [5.74, 6) is -0.0693. The number of hydrogen-bond donors (Lipinski definition) is 1. The van der Waals surface area contributed by atoms with Crippen LogP contribution in [0.1, 0.15) is 49.7 Å². The van der Waals surface area contributed by atoms with E-state index in [0.29, 0.717) is 5.56 Å². The number of aromatic nitrogens is 2. The van der Waals surface area contributed by atoms with Gasteiger partial charge in [-0.15, -0.1) is 0 Å². The largest absolute Gasteiger partial charge is 0.347 e. The van der Waals surface area contributed by atoms with Crippen LogP contribution in [0.3, 0.4) is 0 Å². The smallest absolute Gasteiger partial charge is 0.255 e. The Bertz CT molecular complexity index is 439. The second-order valence-electron chi connectivity index (χ2n) is 5.34. The summed E-state index contributed by atoms with van der Waals surface area (Å²) in [6, 6.07) is 0. The third-order valence-corrected chi connectivity index (χ3v) is 3.66. The average Bonchev–Trinajstić information content (AvgIpc) is 2.45. The first-order chi connectivity index (χ1) is 9.50. The molecule has 2 heterocycles. The maximum atomic E-state index is 12.2. The van der Waals surface area contributed by atoms with Crippen molar-refractivity contribution in [1.29, 1.82) is 0 Å². The van der Waals surface area contributed by atoms with Crippen LogP contribution < -0.4 is 5.32 Å². The van der Waals surface area contributed by atoms with E-state index >= 15 is 0 Å². The molecule has 1 aromatic rings. The number of hydrogen-bond acceptors (Lipinski definition) is 4. The summed E-state index contributed by atoms with van der Waals surface area (Å²) in [5, 5.41) is 3.13. The van der Waals surface area contributed by atoms with E-state index in [9.17, 15) is 4.79 Å². The fourth-order valence-electron chi connectivity index (χ4n) is 2.19. The predicted molar refractivity (Wildman–Crippen MR) is 80.7 cm³/mol. The van der Waals surface area contributed by atoms with Crippen LogP contribution in [0.2, 0.25) is 0 Å². The molecule has 1 aliphatic heterocycles. The second-order valence-corrected chi connectivity index (χ2v) is 5.34. The average molecular weight is 278 g/mol. The fraction of sp³-hybridized carbons (Fsp3) is 0.667. The summed E-state index contributed by atoms with van der Waals surface area (Å²) < 4.78 is 0. The Hall–Kier alpha value is -1.49. The molecule has 20 heavy (non-hydrogen) atoms. The van der Waals surface area contributed by atoms with E-state index in [1.807, 2.05) is 20.8 Å². The molecule has 0 atom stereocenters. The lowest BCUT2D eigenvalue weighted by Crippen LogP contribution is -2.52. The van der Waals surface area contributed by atoms with Crippen LogP contribution in [-0.4, -0.2) is 46.5 Å². The zero-order valence-electron chi connectivity index (χ0n) is 13.2. The first-order valence-electron chi connectivity index (χ1n) is 7.28. The topological polar surface area (TPSA) is 58.1 Å². The lowest BCUT2D eigenvalue weighted by Gasteiger charge is -2.38. The van der Waals surface area contributed by atoms with Crippen molar-refractivity contribution in [2.75, 3.05) is 20.1 Å². The number of nitrogens with one attached hydrogen (secondary N) is 1. The van der Waals surface area contributed by atoms with Crippen molar-refractivity contribution in [2.24, 2.45) is 0 Å². The van der Waals surface area contributed by atoms with E-state index in [0.717, 1.165) is 31.6 Å². The van der Waals surface area contributed by atoms with Crippen molar-refractivity contribution < 1.29 is 4.79 Å². The summed E-state index contributed by atoms with van der Waals surface area (Å²) in [5.41, 5.74) is 1.17. The van der Waals surface area contributed by atoms with Crippen LogP contribution in [0.25, 0.3) is 0 Å². The molecule has 1 fully saturated rings. The van der Waals surface area contributed by atoms with E-state index < -0.39 is 0 Å². The van der Waals surface area contributed by atoms with E-state index in [1.54, 1.807) is 6.20 Å². The van der Waals surface area contributed by atoms with E-state index in [4.69, 9.17) is 0 Å². The molecular formula is C15H26N4O. The molecule has 1 aromatic heterocycles. The summed E-state index contributed by atoms with van der Waals surface area (Å²) >= 11 is 0. The molecule has 5 nitrogen and oxygen atoms in total. The van der Waals surface area contributed by atoms with Crippen LogP contribution in [-0.2, 0) is 0 Å². The number of carbonyl (C=O) groups is 1. The Kier molecular flexibility index (Phi) is 6.07. The van der Waals surface area contributed by atoms with E-state index in [1.165, 1.54) is 6.33 Å². The van der Waals surface area contributed by atoms with Gasteiger partial charge in [0.25, 0.3) is 5.91 Å². The zero-order valence-corrected chi connectivity index (χ0v) is 13.2. The van der Waals surface area contributed by atoms with Crippen molar-refractivity contribution in [1.82, 2.24) is 20.2 Å². The summed E-state index contributed by atoms with van der Waals surface area (Å²) in [6.45, 7) is 9.96. The Balaban J connectivity index is 0.000000956. The van der Waals surface area contributed by atoms with Crippen LogP contribution in [0.4, 0.5) is 0 Å². The zero-order chi connectivity index (χ0) is 15.2. The van der Waals surface area contributed by atoms with Crippen molar-refractivity contribution in [3.63, 3.8) is 0 Å². The van der Waals surface area contributed by atoms with Crippen LogP contribution in [0.15, 0.2) is 12.5 Å². The number of amides is 1. The van der Waals surface area contributed by atoms with Gasteiger partial charge < -0.3 is 10.2 Å². The normalized spacial score (nSPS) is 17.9. The number of nitrogens with zero attached hydrogens (tertiary/aromatic N) is 3. The molecule has 0 spiro atoms. The van der Waals surface area contributed by atoms with Crippen molar-refractivity contribution in [3.05, 3.63) is 23.8 Å². The first kappa shape index (κ1) is 16.6. The number of aryl methyl sites for hydroxylation is 1. The molecule has 1 amide bonds. The lowest BCUT2D eigenvalue weighted by atomic mass is 9.89. The molecule has 1 aliphatic rings. The molecule has 0 unspecified atom stereocenters. The van der Waals surface area contributed by atoms with Crippen LogP contribution in [0.5, 0.6) is 0 Å². The van der Waals surface area contributed by atoms with Gasteiger partial charge in [0.2, 0.25) is 0 Å². The van der Waals surface area contributed by atoms with Gasteiger partial charge in [0.1, 0.15) is 6.33 Å². The summed E-state index contributed by atoms with van der Waals surface area (Å²) in [6.07, 6.45) is 4.99.